The topological polar surface area (TPSA) is 92.8 Å². The van der Waals surface area contributed by atoms with Gasteiger partial charge in [0, 0.05) is 6.54 Å². The number of ether oxygens (including phenoxy) is 1. The van der Waals surface area contributed by atoms with Crippen molar-refractivity contribution >= 4 is 23.7 Å². The summed E-state index contributed by atoms with van der Waals surface area (Å²) in [6, 6.07) is 9.28. The molecule has 1 aromatic rings. The van der Waals surface area contributed by atoms with Crippen molar-refractivity contribution in [3.63, 3.8) is 0 Å². The predicted octanol–water partition coefficient (Wildman–Crippen LogP) is 1.83. The average molecular weight is 398 g/mol. The number of carbonyl (C=O) groups is 4. The number of nitrogens with one attached hydrogen (secondary N) is 1. The molecular weight excluding hydrogens is 372 g/mol. The Balaban J connectivity index is 1.21. The molecule has 2 bridgehead atoms. The number of hydrogen-bond acceptors (Lipinski definition) is 5. The van der Waals surface area contributed by atoms with Gasteiger partial charge in [0.2, 0.25) is 11.8 Å². The van der Waals surface area contributed by atoms with Crippen LogP contribution in [-0.4, -0.2) is 41.7 Å². The van der Waals surface area contributed by atoms with E-state index in [1.54, 1.807) is 0 Å². The summed E-state index contributed by atoms with van der Waals surface area (Å²) in [6.45, 7) is 1.50. The molecule has 1 heterocycles. The van der Waals surface area contributed by atoms with E-state index in [1.807, 2.05) is 37.3 Å². The lowest BCUT2D eigenvalue weighted by Crippen LogP contribution is -2.35. The Bertz CT molecular complexity index is 796. The van der Waals surface area contributed by atoms with Gasteiger partial charge in [0.05, 0.1) is 24.3 Å². The van der Waals surface area contributed by atoms with Crippen LogP contribution in [0.4, 0.5) is 0 Å². The van der Waals surface area contributed by atoms with E-state index in [0.29, 0.717) is 11.8 Å². The van der Waals surface area contributed by atoms with E-state index in [9.17, 15) is 19.2 Å². The molecular formula is C22H26N2O5. The van der Waals surface area contributed by atoms with Gasteiger partial charge in [-0.3, -0.25) is 24.1 Å². The van der Waals surface area contributed by atoms with E-state index >= 15 is 0 Å². The lowest BCUT2D eigenvalue weighted by molar-refractivity contribution is -0.150. The highest BCUT2D eigenvalue weighted by Crippen LogP contribution is 2.56. The Morgan fingerprint density at radius 1 is 1.10 bits per heavy atom. The molecule has 0 radical (unpaired) electrons. The van der Waals surface area contributed by atoms with Crippen molar-refractivity contribution in [2.45, 2.75) is 38.6 Å². The molecule has 4 rings (SSSR count). The third-order valence-corrected chi connectivity index (χ3v) is 6.60. The Hall–Kier alpha value is -2.70. The predicted molar refractivity (Wildman–Crippen MR) is 103 cm³/mol. The fraction of sp³-hybridized carbons (Fsp3) is 0.545. The number of hydrogen-bond donors (Lipinski definition) is 1. The first-order valence-electron chi connectivity index (χ1n) is 10.3. The molecule has 29 heavy (non-hydrogen) atoms. The molecule has 2 saturated carbocycles. The van der Waals surface area contributed by atoms with Crippen LogP contribution in [0.5, 0.6) is 0 Å². The van der Waals surface area contributed by atoms with Crippen molar-refractivity contribution in [1.29, 1.82) is 0 Å². The van der Waals surface area contributed by atoms with Gasteiger partial charge >= 0.3 is 5.97 Å². The quantitative estimate of drug-likeness (QED) is 0.559. The number of imide groups is 1. The summed E-state index contributed by atoms with van der Waals surface area (Å²) in [5, 5.41) is 2.77. The maximum Gasteiger partial charge on any atom is 0.308 e. The zero-order chi connectivity index (χ0) is 20.5. The van der Waals surface area contributed by atoms with Crippen LogP contribution in [0.25, 0.3) is 0 Å². The van der Waals surface area contributed by atoms with Crippen molar-refractivity contribution in [3.05, 3.63) is 35.9 Å². The Labute approximate surface area is 169 Å². The van der Waals surface area contributed by atoms with Gasteiger partial charge in [-0.15, -0.1) is 0 Å². The molecule has 154 valence electrons. The number of carbonyl (C=O) groups excluding carboxylic acids is 4. The second kappa shape index (κ2) is 7.97. The molecule has 1 aliphatic heterocycles. The third-order valence-electron chi connectivity index (χ3n) is 6.60. The summed E-state index contributed by atoms with van der Waals surface area (Å²) in [5.41, 5.74) is 0.956. The first-order chi connectivity index (χ1) is 14.0. The summed E-state index contributed by atoms with van der Waals surface area (Å²) >= 11 is 0. The number of fused-ring (bicyclic) bond motifs is 5. The van der Waals surface area contributed by atoms with E-state index in [-0.39, 0.29) is 49.3 Å². The fourth-order valence-electron chi connectivity index (χ4n) is 5.22. The maximum atomic E-state index is 12.6. The van der Waals surface area contributed by atoms with Crippen LogP contribution < -0.4 is 5.32 Å². The molecule has 3 fully saturated rings. The summed E-state index contributed by atoms with van der Waals surface area (Å²) in [7, 11) is 0. The van der Waals surface area contributed by atoms with E-state index in [1.165, 1.54) is 4.90 Å². The van der Waals surface area contributed by atoms with Crippen LogP contribution in [0.3, 0.4) is 0 Å². The van der Waals surface area contributed by atoms with Gasteiger partial charge in [0.15, 0.2) is 6.61 Å². The van der Waals surface area contributed by atoms with E-state index in [4.69, 9.17) is 4.74 Å². The minimum atomic E-state index is -0.590. The van der Waals surface area contributed by atoms with E-state index < -0.39 is 11.9 Å². The van der Waals surface area contributed by atoms with Crippen LogP contribution in [0, 0.1) is 23.7 Å². The van der Waals surface area contributed by atoms with Gasteiger partial charge in [-0.2, -0.15) is 0 Å². The van der Waals surface area contributed by atoms with E-state index in [2.05, 4.69) is 5.32 Å². The molecule has 7 nitrogen and oxygen atoms in total. The van der Waals surface area contributed by atoms with Crippen molar-refractivity contribution < 1.29 is 23.9 Å². The highest BCUT2D eigenvalue weighted by Gasteiger charge is 2.60. The van der Waals surface area contributed by atoms with Gasteiger partial charge in [-0.05, 0) is 43.6 Å². The molecule has 0 aromatic heterocycles. The molecule has 0 spiro atoms. The molecule has 3 amide bonds. The van der Waals surface area contributed by atoms with Crippen molar-refractivity contribution in [1.82, 2.24) is 10.2 Å². The van der Waals surface area contributed by atoms with Gasteiger partial charge in [-0.25, -0.2) is 0 Å². The highest BCUT2D eigenvalue weighted by atomic mass is 16.5. The Morgan fingerprint density at radius 2 is 1.72 bits per heavy atom. The summed E-state index contributed by atoms with van der Waals surface area (Å²) in [4.78, 5) is 50.5. The normalized spacial score (nSPS) is 28.4. The Morgan fingerprint density at radius 3 is 2.34 bits per heavy atom. The number of benzene rings is 1. The van der Waals surface area contributed by atoms with Crippen LogP contribution in [-0.2, 0) is 23.9 Å². The Kier molecular flexibility index (Phi) is 5.39. The molecule has 1 aromatic carbocycles. The maximum absolute atomic E-state index is 12.6. The molecule has 1 N–H and O–H groups in total. The summed E-state index contributed by atoms with van der Waals surface area (Å²) in [5.74, 6) is -0.946. The highest BCUT2D eigenvalue weighted by molar-refractivity contribution is 6.06. The van der Waals surface area contributed by atoms with Gasteiger partial charge in [-0.1, -0.05) is 30.3 Å². The number of rotatable bonds is 7. The molecule has 2 aliphatic carbocycles. The SMILES string of the molecule is C[C@H](NC(=O)COC(=O)CCN1C(=O)[C@@H]2[C@@H]3CC[C@@H](C3)[C@@H]2C1=O)c1ccccc1. The van der Waals surface area contributed by atoms with Gasteiger partial charge < -0.3 is 10.1 Å². The molecule has 0 unspecified atom stereocenters. The molecule has 7 heteroatoms. The lowest BCUT2D eigenvalue weighted by Gasteiger charge is -2.19. The first kappa shape index (κ1) is 19.6. The lowest BCUT2D eigenvalue weighted by atomic mass is 9.81. The van der Waals surface area contributed by atoms with E-state index in [0.717, 1.165) is 24.8 Å². The zero-order valence-corrected chi connectivity index (χ0v) is 16.5. The molecule has 3 aliphatic rings. The third kappa shape index (κ3) is 3.78. The minimum Gasteiger partial charge on any atom is -0.456 e. The second-order valence-electron chi connectivity index (χ2n) is 8.32. The number of esters is 1. The second-order valence-corrected chi connectivity index (χ2v) is 8.32. The fourth-order valence-corrected chi connectivity index (χ4v) is 5.22. The summed E-state index contributed by atoms with van der Waals surface area (Å²) < 4.78 is 5.02. The number of nitrogens with zero attached hydrogens (tertiary/aromatic N) is 1. The first-order valence-corrected chi connectivity index (χ1v) is 10.3. The smallest absolute Gasteiger partial charge is 0.308 e. The molecule has 1 saturated heterocycles. The summed E-state index contributed by atoms with van der Waals surface area (Å²) in [6.07, 6.45) is 2.95. The number of likely N-dealkylation sites (tertiary alicyclic amines) is 1. The standard InChI is InChI=1S/C22H26N2O5/c1-13(14-5-3-2-4-6-14)23-17(25)12-29-18(26)9-10-24-21(27)19-15-7-8-16(11-15)20(19)22(24)28/h2-6,13,15-16,19-20H,7-12H2,1H3,(H,23,25)/t13-,15-,16+,19-,20+/m0/s1. The van der Waals surface area contributed by atoms with Crippen molar-refractivity contribution in [3.8, 4) is 0 Å². The molecule has 5 atom stereocenters. The van der Waals surface area contributed by atoms with Crippen molar-refractivity contribution in [2.24, 2.45) is 23.7 Å². The number of amides is 3. The van der Waals surface area contributed by atoms with Crippen LogP contribution in [0.1, 0.15) is 44.2 Å². The average Bonchev–Trinajstić information content (AvgIpc) is 3.40. The van der Waals surface area contributed by atoms with Gasteiger partial charge in [0.1, 0.15) is 0 Å². The van der Waals surface area contributed by atoms with Crippen LogP contribution in [0.2, 0.25) is 0 Å². The van der Waals surface area contributed by atoms with Crippen LogP contribution in [0.15, 0.2) is 30.3 Å². The van der Waals surface area contributed by atoms with Crippen molar-refractivity contribution in [2.75, 3.05) is 13.2 Å². The zero-order valence-electron chi connectivity index (χ0n) is 16.5. The largest absolute Gasteiger partial charge is 0.456 e. The minimum absolute atomic E-state index is 0.0327. The van der Waals surface area contributed by atoms with Gasteiger partial charge in [0.25, 0.3) is 5.91 Å². The monoisotopic (exact) mass is 398 g/mol. The van der Waals surface area contributed by atoms with Crippen LogP contribution >= 0.6 is 0 Å².